The van der Waals surface area contributed by atoms with Gasteiger partial charge in [0.15, 0.2) is 0 Å². The molecule has 3 nitrogen and oxygen atoms in total. The third-order valence-corrected chi connectivity index (χ3v) is 12.2. The van der Waals surface area contributed by atoms with Gasteiger partial charge in [0.05, 0.1) is 11.7 Å². The molecule has 0 aromatic heterocycles. The van der Waals surface area contributed by atoms with Crippen molar-refractivity contribution in [3.8, 4) is 0 Å². The zero-order valence-corrected chi connectivity index (χ0v) is 17.6. The molecule has 9 aliphatic rings. The molecule has 154 valence electrons. The molecule has 0 amide bonds. The Balaban J connectivity index is 1.52. The van der Waals surface area contributed by atoms with E-state index < -0.39 is 5.60 Å². The number of hydrogen-bond donors (Lipinski definition) is 3. The first-order valence-corrected chi connectivity index (χ1v) is 12.1. The molecule has 9 rings (SSSR count). The topological polar surface area (TPSA) is 52.5 Å². The number of nitrogens with one attached hydrogen (secondary N) is 1. The first-order valence-electron chi connectivity index (χ1n) is 12.1. The van der Waals surface area contributed by atoms with Crippen molar-refractivity contribution in [1.82, 2.24) is 5.32 Å². The minimum Gasteiger partial charge on any atom is -0.392 e. The fourth-order valence-electron chi connectivity index (χ4n) is 11.9. The highest BCUT2D eigenvalue weighted by molar-refractivity contribution is 5.38. The van der Waals surface area contributed by atoms with E-state index in [2.05, 4.69) is 31.4 Å². The van der Waals surface area contributed by atoms with Gasteiger partial charge in [0.1, 0.15) is 0 Å². The van der Waals surface area contributed by atoms with Crippen molar-refractivity contribution in [3.63, 3.8) is 0 Å². The number of fused-ring (bicyclic) bond motifs is 3. The summed E-state index contributed by atoms with van der Waals surface area (Å²) < 4.78 is 0. The molecule has 8 saturated carbocycles. The van der Waals surface area contributed by atoms with Crippen molar-refractivity contribution >= 4 is 0 Å². The van der Waals surface area contributed by atoms with Crippen molar-refractivity contribution < 1.29 is 10.2 Å². The molecule has 9 aliphatic carbocycles. The summed E-state index contributed by atoms with van der Waals surface area (Å²) in [5, 5.41) is 28.6. The molecular formula is C25H37NO2. The lowest BCUT2D eigenvalue weighted by molar-refractivity contribution is -0.347. The van der Waals surface area contributed by atoms with E-state index in [0.717, 1.165) is 25.7 Å². The summed E-state index contributed by atoms with van der Waals surface area (Å²) in [5.41, 5.74) is -0.340. The Bertz CT molecular complexity index is 781. The third-order valence-electron chi connectivity index (χ3n) is 12.2. The minimum atomic E-state index is -0.579. The van der Waals surface area contributed by atoms with Crippen molar-refractivity contribution in [1.29, 1.82) is 0 Å². The van der Waals surface area contributed by atoms with Gasteiger partial charge in [-0.1, -0.05) is 25.5 Å². The molecule has 0 heterocycles. The average molecular weight is 384 g/mol. The van der Waals surface area contributed by atoms with Crippen LogP contribution >= 0.6 is 0 Å². The van der Waals surface area contributed by atoms with Crippen LogP contribution in [-0.2, 0) is 0 Å². The molecule has 0 saturated heterocycles. The van der Waals surface area contributed by atoms with E-state index in [-0.39, 0.29) is 33.7 Å². The summed E-state index contributed by atoms with van der Waals surface area (Å²) in [6, 6.07) is 0.590. The number of aliphatic hydroxyl groups is 2. The maximum Gasteiger partial charge on any atom is 0.0721 e. The molecule has 0 aliphatic heterocycles. The van der Waals surface area contributed by atoms with E-state index in [1.54, 1.807) is 0 Å². The van der Waals surface area contributed by atoms with Gasteiger partial charge >= 0.3 is 0 Å². The van der Waals surface area contributed by atoms with Crippen LogP contribution in [0.2, 0.25) is 0 Å². The van der Waals surface area contributed by atoms with E-state index in [1.165, 1.54) is 38.5 Å². The van der Waals surface area contributed by atoms with Gasteiger partial charge in [0, 0.05) is 22.8 Å². The van der Waals surface area contributed by atoms with Gasteiger partial charge in [0.25, 0.3) is 0 Å². The van der Waals surface area contributed by atoms with E-state index in [1.807, 2.05) is 0 Å². The van der Waals surface area contributed by atoms with E-state index in [0.29, 0.717) is 23.8 Å². The van der Waals surface area contributed by atoms with Gasteiger partial charge in [-0.3, -0.25) is 0 Å². The highest BCUT2D eigenvalue weighted by Gasteiger charge is 2.88. The second kappa shape index (κ2) is 4.75. The van der Waals surface area contributed by atoms with Crippen LogP contribution in [0.25, 0.3) is 0 Å². The molecule has 3 spiro atoms. The SMILES string of the molecule is CN[C@@H]1[C@@H]2CC[C@@]34[C@H](O)[C@@H]5C=C[C@@H]6C[C@]5(C)C[C@](O)(C6)[C@]3(C2)C[C@]42CCC[C@H]12. The molecule has 8 fully saturated rings. The van der Waals surface area contributed by atoms with Gasteiger partial charge in [-0.05, 0) is 93.4 Å². The predicted octanol–water partition coefficient (Wildman–Crippen LogP) is 3.65. The summed E-state index contributed by atoms with van der Waals surface area (Å²) in [5.74, 6) is 2.12. The largest absolute Gasteiger partial charge is 0.392 e. The summed E-state index contributed by atoms with van der Waals surface area (Å²) >= 11 is 0. The van der Waals surface area contributed by atoms with Gasteiger partial charge < -0.3 is 15.5 Å². The molecule has 3 N–H and O–H groups in total. The van der Waals surface area contributed by atoms with Gasteiger partial charge in [-0.25, -0.2) is 0 Å². The normalized spacial score (nSPS) is 68.0. The Morgan fingerprint density at radius 2 is 1.89 bits per heavy atom. The monoisotopic (exact) mass is 383 g/mol. The number of aliphatic hydroxyl groups excluding tert-OH is 1. The predicted molar refractivity (Wildman–Crippen MR) is 108 cm³/mol. The van der Waals surface area contributed by atoms with Crippen LogP contribution in [0, 0.1) is 45.3 Å². The Morgan fingerprint density at radius 3 is 2.71 bits per heavy atom. The zero-order chi connectivity index (χ0) is 19.2. The smallest absolute Gasteiger partial charge is 0.0721 e. The van der Waals surface area contributed by atoms with Crippen LogP contribution in [0.15, 0.2) is 12.2 Å². The molecule has 0 radical (unpaired) electrons. The third kappa shape index (κ3) is 1.45. The molecule has 0 aromatic rings. The zero-order valence-electron chi connectivity index (χ0n) is 17.6. The van der Waals surface area contributed by atoms with E-state index in [4.69, 9.17) is 0 Å². The number of allylic oxidation sites excluding steroid dienone is 1. The molecule has 0 unspecified atom stereocenters. The Kier molecular flexibility index (Phi) is 2.94. The second-order valence-corrected chi connectivity index (χ2v) is 12.6. The van der Waals surface area contributed by atoms with Gasteiger partial charge in [-0.15, -0.1) is 0 Å². The average Bonchev–Trinajstić information content (AvgIpc) is 2.95. The highest BCUT2D eigenvalue weighted by atomic mass is 16.3. The van der Waals surface area contributed by atoms with Crippen molar-refractivity contribution in [3.05, 3.63) is 12.2 Å². The molecule has 0 aromatic carbocycles. The van der Waals surface area contributed by atoms with Crippen LogP contribution in [0.4, 0.5) is 0 Å². The number of hydrogen-bond acceptors (Lipinski definition) is 3. The highest BCUT2D eigenvalue weighted by Crippen LogP contribution is 2.89. The summed E-state index contributed by atoms with van der Waals surface area (Å²) in [7, 11) is 2.17. The fourth-order valence-corrected chi connectivity index (χ4v) is 11.9. The number of rotatable bonds is 1. The summed E-state index contributed by atoms with van der Waals surface area (Å²) in [4.78, 5) is 0. The molecule has 11 atom stereocenters. The first-order chi connectivity index (χ1) is 13.3. The fraction of sp³-hybridized carbons (Fsp3) is 0.920. The molecular weight excluding hydrogens is 346 g/mol. The van der Waals surface area contributed by atoms with Gasteiger partial charge in [-0.2, -0.15) is 0 Å². The van der Waals surface area contributed by atoms with Crippen LogP contribution in [0.5, 0.6) is 0 Å². The molecule has 7 bridgehead atoms. The minimum absolute atomic E-state index is 0.0444. The van der Waals surface area contributed by atoms with E-state index >= 15 is 0 Å². The summed E-state index contributed by atoms with van der Waals surface area (Å²) in [6.07, 6.45) is 16.2. The van der Waals surface area contributed by atoms with Gasteiger partial charge in [0.2, 0.25) is 0 Å². The molecule has 3 heteroatoms. The van der Waals surface area contributed by atoms with Crippen molar-refractivity contribution in [2.24, 2.45) is 45.3 Å². The molecule has 28 heavy (non-hydrogen) atoms. The van der Waals surface area contributed by atoms with Crippen LogP contribution in [0.1, 0.15) is 71.1 Å². The Labute approximate surface area is 169 Å². The van der Waals surface area contributed by atoms with Crippen LogP contribution < -0.4 is 5.32 Å². The lowest BCUT2D eigenvalue weighted by Gasteiger charge is -2.78. The maximum absolute atomic E-state index is 12.5. The van der Waals surface area contributed by atoms with Crippen molar-refractivity contribution in [2.75, 3.05) is 7.05 Å². The Hall–Kier alpha value is -0.380. The van der Waals surface area contributed by atoms with Crippen LogP contribution in [-0.4, -0.2) is 35.0 Å². The van der Waals surface area contributed by atoms with Crippen LogP contribution in [0.3, 0.4) is 0 Å². The maximum atomic E-state index is 12.5. The standard InChI is InChI=1S/C25H37NO2/c1-21-10-15-5-6-18(21)20(27)25-9-7-16-12-23(25,24(28,11-15)13-21)14-22(25)8-3-4-17(22)19(16)26-2/h5-6,15-20,26-28H,3-4,7-14H2,1-2H3/t15-,16-,17-,18+,19-,20-,21-,22+,23+,24-,25+/m1/s1. The Morgan fingerprint density at radius 1 is 1.04 bits per heavy atom. The van der Waals surface area contributed by atoms with Crippen molar-refractivity contribution in [2.45, 2.75) is 88.9 Å². The van der Waals surface area contributed by atoms with E-state index in [9.17, 15) is 10.2 Å². The second-order valence-electron chi connectivity index (χ2n) is 12.6. The lowest BCUT2D eigenvalue weighted by Crippen LogP contribution is -2.77. The quantitative estimate of drug-likeness (QED) is 0.606. The first kappa shape index (κ1) is 17.3. The lowest BCUT2D eigenvalue weighted by atomic mass is 9.27. The summed E-state index contributed by atoms with van der Waals surface area (Å²) in [6.45, 7) is 2.39.